The van der Waals surface area contributed by atoms with Gasteiger partial charge in [0.15, 0.2) is 0 Å². The third-order valence-electron chi connectivity index (χ3n) is 2.98. The number of aromatic nitrogens is 1. The van der Waals surface area contributed by atoms with Gasteiger partial charge in [-0.2, -0.15) is 0 Å². The first-order valence-electron chi connectivity index (χ1n) is 5.84. The van der Waals surface area contributed by atoms with E-state index >= 15 is 0 Å². The third kappa shape index (κ3) is 2.71. The van der Waals surface area contributed by atoms with Crippen LogP contribution >= 0.6 is 0 Å². The Morgan fingerprint density at radius 2 is 2.38 bits per heavy atom. The zero-order chi connectivity index (χ0) is 11.4. The average molecular weight is 221 g/mol. The zero-order valence-corrected chi connectivity index (χ0v) is 9.65. The van der Waals surface area contributed by atoms with Crippen molar-refractivity contribution in [3.8, 4) is 0 Å². The molecule has 1 aromatic heterocycles. The van der Waals surface area contributed by atoms with Gasteiger partial charge in [0.25, 0.3) is 0 Å². The Morgan fingerprint density at radius 1 is 1.56 bits per heavy atom. The smallest absolute Gasteiger partial charge is 0.0770 e. The Kier molecular flexibility index (Phi) is 3.74. The summed E-state index contributed by atoms with van der Waals surface area (Å²) < 4.78 is 5.50. The number of pyridine rings is 1. The van der Waals surface area contributed by atoms with Crippen molar-refractivity contribution in [2.24, 2.45) is 0 Å². The van der Waals surface area contributed by atoms with Crippen molar-refractivity contribution in [2.75, 3.05) is 12.3 Å². The van der Waals surface area contributed by atoms with Crippen LogP contribution < -0.4 is 11.1 Å². The van der Waals surface area contributed by atoms with Gasteiger partial charge in [-0.1, -0.05) is 0 Å². The number of nitrogens with one attached hydrogen (secondary N) is 1. The van der Waals surface area contributed by atoms with Gasteiger partial charge in [0, 0.05) is 25.4 Å². The van der Waals surface area contributed by atoms with Gasteiger partial charge >= 0.3 is 0 Å². The lowest BCUT2D eigenvalue weighted by molar-refractivity contribution is -0.0102. The second kappa shape index (κ2) is 5.27. The van der Waals surface area contributed by atoms with Crippen molar-refractivity contribution in [3.05, 3.63) is 24.0 Å². The monoisotopic (exact) mass is 221 g/mol. The quantitative estimate of drug-likeness (QED) is 0.787. The van der Waals surface area contributed by atoms with Crippen molar-refractivity contribution >= 4 is 5.69 Å². The molecule has 0 radical (unpaired) electrons. The Hall–Kier alpha value is -1.13. The maximum Gasteiger partial charge on any atom is 0.0770 e. The van der Waals surface area contributed by atoms with Gasteiger partial charge in [-0.3, -0.25) is 4.98 Å². The molecule has 4 heteroatoms. The van der Waals surface area contributed by atoms with E-state index < -0.39 is 0 Å². The molecule has 0 amide bonds. The largest absolute Gasteiger partial charge is 0.397 e. The van der Waals surface area contributed by atoms with Crippen LogP contribution in [0.5, 0.6) is 0 Å². The van der Waals surface area contributed by atoms with Crippen molar-refractivity contribution in [1.29, 1.82) is 0 Å². The predicted molar refractivity (Wildman–Crippen MR) is 63.9 cm³/mol. The number of hydrogen-bond donors (Lipinski definition) is 2. The molecule has 88 valence electrons. The minimum absolute atomic E-state index is 0.448. The number of hydrogen-bond acceptors (Lipinski definition) is 4. The first-order valence-corrected chi connectivity index (χ1v) is 5.84. The lowest BCUT2D eigenvalue weighted by Crippen LogP contribution is -2.45. The minimum atomic E-state index is 0.448. The second-order valence-corrected chi connectivity index (χ2v) is 4.17. The Labute approximate surface area is 96.2 Å². The van der Waals surface area contributed by atoms with Crippen molar-refractivity contribution in [2.45, 2.75) is 38.5 Å². The van der Waals surface area contributed by atoms with Crippen molar-refractivity contribution in [1.82, 2.24) is 10.3 Å². The number of anilines is 1. The Morgan fingerprint density at radius 3 is 3.06 bits per heavy atom. The van der Waals surface area contributed by atoms with Crippen LogP contribution in [0.25, 0.3) is 0 Å². The molecule has 0 unspecified atom stereocenters. The Bertz CT molecular complexity index is 337. The number of rotatable bonds is 5. The van der Waals surface area contributed by atoms with Gasteiger partial charge in [-0.25, -0.2) is 0 Å². The second-order valence-electron chi connectivity index (χ2n) is 4.17. The topological polar surface area (TPSA) is 60.2 Å². The summed E-state index contributed by atoms with van der Waals surface area (Å²) in [6.45, 7) is 3.59. The summed E-state index contributed by atoms with van der Waals surface area (Å²) in [5, 5.41) is 3.44. The van der Waals surface area contributed by atoms with Crippen LogP contribution in [-0.4, -0.2) is 23.7 Å². The van der Waals surface area contributed by atoms with Gasteiger partial charge in [0.1, 0.15) is 0 Å². The van der Waals surface area contributed by atoms with Gasteiger partial charge in [-0.15, -0.1) is 0 Å². The summed E-state index contributed by atoms with van der Waals surface area (Å²) >= 11 is 0. The van der Waals surface area contributed by atoms with E-state index in [1.54, 1.807) is 6.20 Å². The van der Waals surface area contributed by atoms with Gasteiger partial charge in [-0.05, 0) is 31.9 Å². The van der Waals surface area contributed by atoms with E-state index in [-0.39, 0.29) is 0 Å². The standard InChI is InChI=1S/C12H19N3O/c1-2-16-10-6-9(7-10)15-8-12-11(13)4-3-5-14-12/h3-5,9-10,15H,2,6-8,13H2,1H3. The first kappa shape index (κ1) is 11.4. The van der Waals surface area contributed by atoms with Crippen LogP contribution in [0.15, 0.2) is 18.3 Å². The molecule has 0 spiro atoms. The van der Waals surface area contributed by atoms with Crippen LogP contribution in [0.4, 0.5) is 5.69 Å². The molecule has 0 saturated heterocycles. The molecular formula is C12H19N3O. The van der Waals surface area contributed by atoms with E-state index in [4.69, 9.17) is 10.5 Å². The maximum absolute atomic E-state index is 5.81. The molecule has 2 rings (SSSR count). The molecule has 1 aromatic rings. The Balaban J connectivity index is 1.72. The molecule has 1 aliphatic rings. The highest BCUT2D eigenvalue weighted by atomic mass is 16.5. The number of nitrogen functional groups attached to an aromatic ring is 1. The summed E-state index contributed by atoms with van der Waals surface area (Å²) in [7, 11) is 0. The van der Waals surface area contributed by atoms with E-state index in [0.717, 1.165) is 37.4 Å². The van der Waals surface area contributed by atoms with Gasteiger partial charge in [0.05, 0.1) is 17.5 Å². The fourth-order valence-corrected chi connectivity index (χ4v) is 1.94. The molecule has 0 aliphatic heterocycles. The molecular weight excluding hydrogens is 202 g/mol. The molecule has 1 heterocycles. The molecule has 16 heavy (non-hydrogen) atoms. The third-order valence-corrected chi connectivity index (χ3v) is 2.98. The maximum atomic E-state index is 5.81. The van der Waals surface area contributed by atoms with Crippen LogP contribution in [0.3, 0.4) is 0 Å². The first-order chi connectivity index (χ1) is 7.79. The van der Waals surface area contributed by atoms with E-state index in [1.807, 2.05) is 19.1 Å². The van der Waals surface area contributed by atoms with E-state index in [0.29, 0.717) is 12.1 Å². The fraction of sp³-hybridized carbons (Fsp3) is 0.583. The highest BCUT2D eigenvalue weighted by Gasteiger charge is 2.28. The molecule has 1 fully saturated rings. The van der Waals surface area contributed by atoms with Gasteiger partial charge < -0.3 is 15.8 Å². The summed E-state index contributed by atoms with van der Waals surface area (Å²) in [5.41, 5.74) is 7.51. The summed E-state index contributed by atoms with van der Waals surface area (Å²) in [5.74, 6) is 0. The number of ether oxygens (including phenoxy) is 1. The van der Waals surface area contributed by atoms with Crippen molar-refractivity contribution < 1.29 is 4.74 Å². The van der Waals surface area contributed by atoms with Crippen LogP contribution in [-0.2, 0) is 11.3 Å². The fourth-order valence-electron chi connectivity index (χ4n) is 1.94. The summed E-state index contributed by atoms with van der Waals surface area (Å²) in [6.07, 6.45) is 4.42. The lowest BCUT2D eigenvalue weighted by atomic mass is 9.89. The van der Waals surface area contributed by atoms with E-state index in [1.165, 1.54) is 0 Å². The SMILES string of the molecule is CCOC1CC(NCc2ncccc2N)C1. The molecule has 0 atom stereocenters. The van der Waals surface area contributed by atoms with Crippen LogP contribution in [0, 0.1) is 0 Å². The van der Waals surface area contributed by atoms with E-state index in [9.17, 15) is 0 Å². The summed E-state index contributed by atoms with van der Waals surface area (Å²) in [6, 6.07) is 4.29. The lowest BCUT2D eigenvalue weighted by Gasteiger charge is -2.35. The molecule has 4 nitrogen and oxygen atoms in total. The highest BCUT2D eigenvalue weighted by Crippen LogP contribution is 2.23. The summed E-state index contributed by atoms with van der Waals surface area (Å²) in [4.78, 5) is 4.25. The molecule has 0 bridgehead atoms. The molecule has 0 aromatic carbocycles. The predicted octanol–water partition coefficient (Wildman–Crippen LogP) is 1.32. The molecule has 1 aliphatic carbocycles. The van der Waals surface area contributed by atoms with Gasteiger partial charge in [0.2, 0.25) is 0 Å². The van der Waals surface area contributed by atoms with Crippen molar-refractivity contribution in [3.63, 3.8) is 0 Å². The van der Waals surface area contributed by atoms with Crippen LogP contribution in [0.2, 0.25) is 0 Å². The molecule has 3 N–H and O–H groups in total. The number of nitrogens with two attached hydrogens (primary N) is 1. The normalized spacial score (nSPS) is 24.1. The number of nitrogens with zero attached hydrogens (tertiary/aromatic N) is 1. The zero-order valence-electron chi connectivity index (χ0n) is 9.65. The highest BCUT2D eigenvalue weighted by molar-refractivity contribution is 5.41. The van der Waals surface area contributed by atoms with Crippen LogP contribution in [0.1, 0.15) is 25.5 Å². The average Bonchev–Trinajstić information content (AvgIpc) is 2.23. The minimum Gasteiger partial charge on any atom is -0.397 e. The molecule has 1 saturated carbocycles. The van der Waals surface area contributed by atoms with E-state index in [2.05, 4.69) is 10.3 Å².